The van der Waals surface area contributed by atoms with Crippen LogP contribution in [0.1, 0.15) is 34.3 Å². The molecule has 2 aromatic carbocycles. The van der Waals surface area contributed by atoms with Gasteiger partial charge in [-0.3, -0.25) is 4.79 Å². The van der Waals surface area contributed by atoms with Gasteiger partial charge in [0.05, 0.1) is 22.9 Å². The minimum Gasteiger partial charge on any atom is -0.383 e. The SMILES string of the molecule is N#Cc1ccc(C(=O)N2CCC3(CC2)N=C(N)c2c(F)ccc(F)c2N3)cc1. The zero-order valence-corrected chi connectivity index (χ0v) is 14.9. The first-order valence-electron chi connectivity index (χ1n) is 8.84. The average molecular weight is 381 g/mol. The van der Waals surface area contributed by atoms with Crippen molar-refractivity contribution in [3.8, 4) is 6.07 Å². The molecule has 0 aliphatic carbocycles. The smallest absolute Gasteiger partial charge is 0.253 e. The molecule has 2 heterocycles. The molecule has 0 atom stereocenters. The lowest BCUT2D eigenvalue weighted by atomic mass is 9.93. The number of nitriles is 1. The van der Waals surface area contributed by atoms with Crippen LogP contribution in [0.15, 0.2) is 41.4 Å². The second kappa shape index (κ2) is 6.60. The molecular formula is C20H17F2N5O. The van der Waals surface area contributed by atoms with E-state index in [0.717, 1.165) is 12.1 Å². The summed E-state index contributed by atoms with van der Waals surface area (Å²) in [6.45, 7) is 0.768. The minimum atomic E-state index is -0.868. The van der Waals surface area contributed by atoms with Gasteiger partial charge in [0, 0.05) is 31.5 Å². The van der Waals surface area contributed by atoms with Gasteiger partial charge >= 0.3 is 0 Å². The quantitative estimate of drug-likeness (QED) is 0.794. The second-order valence-corrected chi connectivity index (χ2v) is 6.91. The molecule has 2 aliphatic rings. The maximum atomic E-state index is 14.2. The summed E-state index contributed by atoms with van der Waals surface area (Å²) in [5.41, 5.74) is 6.00. The predicted octanol–water partition coefficient (Wildman–Crippen LogP) is 2.60. The van der Waals surface area contributed by atoms with Crippen LogP contribution >= 0.6 is 0 Å². The molecule has 2 aromatic rings. The number of amidine groups is 1. The van der Waals surface area contributed by atoms with Crippen molar-refractivity contribution in [2.75, 3.05) is 18.4 Å². The topological polar surface area (TPSA) is 94.5 Å². The molecular weight excluding hydrogens is 364 g/mol. The molecule has 0 bridgehead atoms. The Hall–Kier alpha value is -3.47. The van der Waals surface area contributed by atoms with Crippen LogP contribution in [0.5, 0.6) is 0 Å². The van der Waals surface area contributed by atoms with Gasteiger partial charge in [0.15, 0.2) is 0 Å². The fourth-order valence-electron chi connectivity index (χ4n) is 3.66. The number of benzene rings is 2. The summed E-state index contributed by atoms with van der Waals surface area (Å²) >= 11 is 0. The average Bonchev–Trinajstić information content (AvgIpc) is 2.71. The Morgan fingerprint density at radius 1 is 1.14 bits per heavy atom. The zero-order valence-electron chi connectivity index (χ0n) is 14.9. The number of nitrogens with one attached hydrogen (secondary N) is 1. The van der Waals surface area contributed by atoms with Gasteiger partial charge in [0.2, 0.25) is 0 Å². The Labute approximate surface area is 160 Å². The normalized spacial score (nSPS) is 17.3. The van der Waals surface area contributed by atoms with E-state index < -0.39 is 17.3 Å². The van der Waals surface area contributed by atoms with Gasteiger partial charge in [0.25, 0.3) is 5.91 Å². The first-order valence-corrected chi connectivity index (χ1v) is 8.84. The summed E-state index contributed by atoms with van der Waals surface area (Å²) in [4.78, 5) is 18.8. The molecule has 2 aliphatic heterocycles. The first-order chi connectivity index (χ1) is 13.4. The number of rotatable bonds is 1. The minimum absolute atomic E-state index is 0.0133. The molecule has 4 rings (SSSR count). The number of piperidine rings is 1. The van der Waals surface area contributed by atoms with Crippen molar-refractivity contribution in [2.45, 2.75) is 18.5 Å². The summed E-state index contributed by atoms with van der Waals surface area (Å²) in [7, 11) is 0. The number of carbonyl (C=O) groups is 1. The van der Waals surface area contributed by atoms with Gasteiger partial charge in [-0.15, -0.1) is 0 Å². The lowest BCUT2D eigenvalue weighted by Gasteiger charge is -2.42. The van der Waals surface area contributed by atoms with E-state index in [2.05, 4.69) is 10.3 Å². The van der Waals surface area contributed by atoms with E-state index in [1.165, 1.54) is 0 Å². The number of halogens is 2. The number of aliphatic imine (C=N–C) groups is 1. The number of hydrogen-bond donors (Lipinski definition) is 2. The van der Waals surface area contributed by atoms with Crippen molar-refractivity contribution in [1.82, 2.24) is 4.90 Å². The van der Waals surface area contributed by atoms with E-state index in [4.69, 9.17) is 11.0 Å². The van der Waals surface area contributed by atoms with Crippen LogP contribution in [0.3, 0.4) is 0 Å². The van der Waals surface area contributed by atoms with Crippen LogP contribution in [0, 0.1) is 23.0 Å². The van der Waals surface area contributed by atoms with Crippen molar-refractivity contribution < 1.29 is 13.6 Å². The van der Waals surface area contributed by atoms with Crippen LogP contribution in [0.2, 0.25) is 0 Å². The second-order valence-electron chi connectivity index (χ2n) is 6.91. The van der Waals surface area contributed by atoms with Gasteiger partial charge < -0.3 is 16.0 Å². The fraction of sp³-hybridized carbons (Fsp3) is 0.250. The third-order valence-electron chi connectivity index (χ3n) is 5.19. The van der Waals surface area contributed by atoms with Crippen molar-refractivity contribution in [3.63, 3.8) is 0 Å². The van der Waals surface area contributed by atoms with Crippen LogP contribution < -0.4 is 11.1 Å². The Morgan fingerprint density at radius 3 is 2.43 bits per heavy atom. The molecule has 28 heavy (non-hydrogen) atoms. The molecule has 0 radical (unpaired) electrons. The monoisotopic (exact) mass is 381 g/mol. The van der Waals surface area contributed by atoms with E-state index in [9.17, 15) is 13.6 Å². The molecule has 0 saturated carbocycles. The van der Waals surface area contributed by atoms with Gasteiger partial charge in [0.1, 0.15) is 23.1 Å². The molecule has 1 saturated heterocycles. The maximum Gasteiger partial charge on any atom is 0.253 e. The van der Waals surface area contributed by atoms with E-state index in [0.29, 0.717) is 37.1 Å². The Kier molecular flexibility index (Phi) is 4.23. The lowest BCUT2D eigenvalue weighted by Crippen LogP contribution is -2.52. The molecule has 142 valence electrons. The molecule has 6 nitrogen and oxygen atoms in total. The summed E-state index contributed by atoms with van der Waals surface area (Å²) in [6, 6.07) is 10.5. The molecule has 0 unspecified atom stereocenters. The van der Waals surface area contributed by atoms with E-state index in [1.54, 1.807) is 29.2 Å². The number of amides is 1. The Morgan fingerprint density at radius 2 is 1.79 bits per heavy atom. The number of carbonyl (C=O) groups excluding carboxylic acids is 1. The van der Waals surface area contributed by atoms with Crippen molar-refractivity contribution >= 4 is 17.4 Å². The van der Waals surface area contributed by atoms with Crippen LogP contribution in [0.4, 0.5) is 14.5 Å². The summed E-state index contributed by atoms with van der Waals surface area (Å²) in [5.74, 6) is -1.42. The lowest BCUT2D eigenvalue weighted by molar-refractivity contribution is 0.0685. The van der Waals surface area contributed by atoms with E-state index in [-0.39, 0.29) is 23.0 Å². The van der Waals surface area contributed by atoms with Gasteiger partial charge in [-0.25, -0.2) is 13.8 Å². The standard InChI is InChI=1S/C20H17F2N5O/c21-14-5-6-15(22)17-16(14)18(24)26-20(25-17)7-9-27(10-8-20)19(28)13-3-1-12(11-23)2-4-13/h1-6,25H,7-10H2,(H2,24,26). The Bertz CT molecular complexity index is 1020. The molecule has 8 heteroatoms. The summed E-state index contributed by atoms with van der Waals surface area (Å²) in [5, 5.41) is 11.9. The third kappa shape index (κ3) is 2.95. The van der Waals surface area contributed by atoms with Gasteiger partial charge in [-0.05, 0) is 36.4 Å². The van der Waals surface area contributed by atoms with Gasteiger partial charge in [-0.1, -0.05) is 0 Å². The fourth-order valence-corrected chi connectivity index (χ4v) is 3.66. The Balaban J connectivity index is 1.52. The van der Waals surface area contributed by atoms with Crippen LogP contribution in [-0.4, -0.2) is 35.4 Å². The number of nitrogens with zero attached hydrogens (tertiary/aromatic N) is 3. The highest BCUT2D eigenvalue weighted by Crippen LogP contribution is 2.36. The maximum absolute atomic E-state index is 14.2. The predicted molar refractivity (Wildman–Crippen MR) is 99.7 cm³/mol. The van der Waals surface area contributed by atoms with E-state index in [1.807, 2.05) is 6.07 Å². The number of fused-ring (bicyclic) bond motifs is 1. The number of hydrogen-bond acceptors (Lipinski definition) is 5. The zero-order chi connectivity index (χ0) is 19.9. The highest BCUT2D eigenvalue weighted by molar-refractivity contribution is 6.04. The largest absolute Gasteiger partial charge is 0.383 e. The van der Waals surface area contributed by atoms with E-state index >= 15 is 0 Å². The summed E-state index contributed by atoms with van der Waals surface area (Å²) < 4.78 is 28.3. The summed E-state index contributed by atoms with van der Waals surface area (Å²) in [6.07, 6.45) is 0.816. The highest BCUT2D eigenvalue weighted by Gasteiger charge is 2.40. The molecule has 1 fully saturated rings. The molecule has 0 aromatic heterocycles. The first kappa shape index (κ1) is 17.9. The number of anilines is 1. The molecule has 1 amide bonds. The van der Waals surface area contributed by atoms with Crippen molar-refractivity contribution in [1.29, 1.82) is 5.26 Å². The van der Waals surface area contributed by atoms with Crippen molar-refractivity contribution in [2.24, 2.45) is 10.7 Å². The van der Waals surface area contributed by atoms with Crippen LogP contribution in [0.25, 0.3) is 0 Å². The third-order valence-corrected chi connectivity index (χ3v) is 5.19. The molecule has 3 N–H and O–H groups in total. The van der Waals surface area contributed by atoms with Crippen molar-refractivity contribution in [3.05, 3.63) is 64.7 Å². The van der Waals surface area contributed by atoms with Crippen LogP contribution in [-0.2, 0) is 0 Å². The van der Waals surface area contributed by atoms with Gasteiger partial charge in [-0.2, -0.15) is 5.26 Å². The highest BCUT2D eigenvalue weighted by atomic mass is 19.1. The number of likely N-dealkylation sites (tertiary alicyclic amines) is 1. The number of nitrogens with two attached hydrogens (primary N) is 1. The molecule has 1 spiro atoms.